The summed E-state index contributed by atoms with van der Waals surface area (Å²) in [6.07, 6.45) is 1.55. The van der Waals surface area contributed by atoms with Gasteiger partial charge in [0.05, 0.1) is 0 Å². The van der Waals surface area contributed by atoms with Crippen LogP contribution in [-0.2, 0) is 0 Å². The number of hydrogen-bond donors (Lipinski definition) is 2. The molecule has 18 heavy (non-hydrogen) atoms. The summed E-state index contributed by atoms with van der Waals surface area (Å²) in [5.41, 5.74) is 6.12. The first-order valence-electron chi connectivity index (χ1n) is 6.41. The lowest BCUT2D eigenvalue weighted by Crippen LogP contribution is -2.34. The molecule has 4 nitrogen and oxygen atoms in total. The highest BCUT2D eigenvalue weighted by molar-refractivity contribution is 5.94. The van der Waals surface area contributed by atoms with Crippen LogP contribution in [0.5, 0.6) is 0 Å². The fourth-order valence-corrected chi connectivity index (χ4v) is 2.14. The standard InChI is InChI=1S/C14H23N3O/c1-9(2)12(10(3)4)8-17-14(18)11-5-6-16-13(15)7-11/h5-7,9-10,12H,8H2,1-4H3,(H2,15,16)(H,17,18). The molecule has 1 aromatic rings. The highest BCUT2D eigenvalue weighted by Gasteiger charge is 2.18. The number of amides is 1. The van der Waals surface area contributed by atoms with E-state index in [2.05, 4.69) is 38.0 Å². The molecule has 0 aromatic carbocycles. The molecule has 0 saturated heterocycles. The fraction of sp³-hybridized carbons (Fsp3) is 0.571. The third-order valence-corrected chi connectivity index (χ3v) is 3.25. The van der Waals surface area contributed by atoms with Gasteiger partial charge in [-0.15, -0.1) is 0 Å². The molecule has 0 bridgehead atoms. The average Bonchev–Trinajstić information content (AvgIpc) is 2.28. The molecule has 1 heterocycles. The predicted octanol–water partition coefficient (Wildman–Crippen LogP) is 2.32. The summed E-state index contributed by atoms with van der Waals surface area (Å²) in [6, 6.07) is 3.26. The van der Waals surface area contributed by atoms with E-state index in [1.807, 2.05) is 0 Å². The smallest absolute Gasteiger partial charge is 0.251 e. The molecule has 0 radical (unpaired) electrons. The lowest BCUT2D eigenvalue weighted by molar-refractivity contribution is 0.0937. The minimum absolute atomic E-state index is 0.0876. The van der Waals surface area contributed by atoms with Gasteiger partial charge in [-0.2, -0.15) is 0 Å². The number of carbonyl (C=O) groups is 1. The first-order chi connectivity index (χ1) is 8.41. The molecule has 0 aliphatic carbocycles. The van der Waals surface area contributed by atoms with Crippen LogP contribution in [0.3, 0.4) is 0 Å². The van der Waals surface area contributed by atoms with Crippen molar-refractivity contribution < 1.29 is 4.79 Å². The van der Waals surface area contributed by atoms with Gasteiger partial charge in [0.15, 0.2) is 0 Å². The van der Waals surface area contributed by atoms with Gasteiger partial charge in [0.25, 0.3) is 5.91 Å². The van der Waals surface area contributed by atoms with Crippen molar-refractivity contribution in [2.75, 3.05) is 12.3 Å². The van der Waals surface area contributed by atoms with Crippen LogP contribution < -0.4 is 11.1 Å². The first kappa shape index (κ1) is 14.5. The number of anilines is 1. The molecule has 1 amide bonds. The third-order valence-electron chi connectivity index (χ3n) is 3.25. The predicted molar refractivity (Wildman–Crippen MR) is 74.1 cm³/mol. The largest absolute Gasteiger partial charge is 0.384 e. The van der Waals surface area contributed by atoms with Crippen molar-refractivity contribution in [3.05, 3.63) is 23.9 Å². The van der Waals surface area contributed by atoms with Crippen molar-refractivity contribution in [3.8, 4) is 0 Å². The zero-order valence-corrected chi connectivity index (χ0v) is 11.6. The van der Waals surface area contributed by atoms with Crippen molar-refractivity contribution in [3.63, 3.8) is 0 Å². The minimum Gasteiger partial charge on any atom is -0.384 e. The summed E-state index contributed by atoms with van der Waals surface area (Å²) in [5.74, 6) is 1.86. The zero-order valence-electron chi connectivity index (χ0n) is 11.6. The van der Waals surface area contributed by atoms with Crippen LogP contribution in [0.15, 0.2) is 18.3 Å². The normalized spacial score (nSPS) is 11.3. The SMILES string of the molecule is CC(C)C(CNC(=O)c1ccnc(N)c1)C(C)C. The molecule has 0 aliphatic heterocycles. The molecule has 3 N–H and O–H groups in total. The van der Waals surface area contributed by atoms with Gasteiger partial charge in [-0.05, 0) is 29.9 Å². The zero-order chi connectivity index (χ0) is 13.7. The number of nitrogen functional groups attached to an aromatic ring is 1. The fourth-order valence-electron chi connectivity index (χ4n) is 2.14. The molecule has 0 aliphatic rings. The van der Waals surface area contributed by atoms with E-state index in [0.717, 1.165) is 0 Å². The Balaban J connectivity index is 2.60. The summed E-state index contributed by atoms with van der Waals surface area (Å²) in [5, 5.41) is 2.97. The Kier molecular flexibility index (Phi) is 5.13. The van der Waals surface area contributed by atoms with Crippen molar-refractivity contribution in [2.24, 2.45) is 17.8 Å². The van der Waals surface area contributed by atoms with E-state index in [1.54, 1.807) is 18.3 Å². The second-order valence-electron chi connectivity index (χ2n) is 5.33. The molecule has 4 heteroatoms. The van der Waals surface area contributed by atoms with Crippen LogP contribution in [0, 0.1) is 17.8 Å². The molecule has 1 aromatic heterocycles. The van der Waals surface area contributed by atoms with Gasteiger partial charge in [-0.3, -0.25) is 4.79 Å². The minimum atomic E-state index is -0.0876. The number of pyridine rings is 1. The van der Waals surface area contributed by atoms with Crippen LogP contribution >= 0.6 is 0 Å². The number of hydrogen-bond acceptors (Lipinski definition) is 3. The highest BCUT2D eigenvalue weighted by Crippen LogP contribution is 2.19. The van der Waals surface area contributed by atoms with E-state index in [1.165, 1.54) is 0 Å². The van der Waals surface area contributed by atoms with E-state index < -0.39 is 0 Å². The monoisotopic (exact) mass is 249 g/mol. The van der Waals surface area contributed by atoms with Crippen molar-refractivity contribution in [2.45, 2.75) is 27.7 Å². The van der Waals surface area contributed by atoms with Crippen LogP contribution in [0.4, 0.5) is 5.82 Å². The van der Waals surface area contributed by atoms with Gasteiger partial charge >= 0.3 is 0 Å². The van der Waals surface area contributed by atoms with Crippen molar-refractivity contribution >= 4 is 11.7 Å². The molecular formula is C14H23N3O. The lowest BCUT2D eigenvalue weighted by atomic mass is 9.85. The Morgan fingerprint density at radius 3 is 2.44 bits per heavy atom. The Labute approximate surface area is 109 Å². The summed E-state index contributed by atoms with van der Waals surface area (Å²) >= 11 is 0. The summed E-state index contributed by atoms with van der Waals surface area (Å²) in [4.78, 5) is 15.8. The van der Waals surface area contributed by atoms with Crippen molar-refractivity contribution in [1.29, 1.82) is 0 Å². The third kappa shape index (κ3) is 4.02. The van der Waals surface area contributed by atoms with E-state index in [-0.39, 0.29) is 5.91 Å². The number of nitrogens with zero attached hydrogens (tertiary/aromatic N) is 1. The Hall–Kier alpha value is -1.58. The Bertz CT molecular complexity index is 394. The number of aromatic nitrogens is 1. The van der Waals surface area contributed by atoms with Crippen LogP contribution in [0.2, 0.25) is 0 Å². The number of nitrogens with two attached hydrogens (primary N) is 1. The van der Waals surface area contributed by atoms with Gasteiger partial charge in [0.2, 0.25) is 0 Å². The quantitative estimate of drug-likeness (QED) is 0.841. The van der Waals surface area contributed by atoms with E-state index >= 15 is 0 Å². The summed E-state index contributed by atoms with van der Waals surface area (Å²) in [6.45, 7) is 9.42. The number of carbonyl (C=O) groups excluding carboxylic acids is 1. The van der Waals surface area contributed by atoms with E-state index in [0.29, 0.717) is 35.7 Å². The van der Waals surface area contributed by atoms with Gasteiger partial charge in [-0.1, -0.05) is 27.7 Å². The van der Waals surface area contributed by atoms with Gasteiger partial charge < -0.3 is 11.1 Å². The number of nitrogens with one attached hydrogen (secondary N) is 1. The van der Waals surface area contributed by atoms with Gasteiger partial charge in [0, 0.05) is 18.3 Å². The highest BCUT2D eigenvalue weighted by atomic mass is 16.1. The van der Waals surface area contributed by atoms with E-state index in [9.17, 15) is 4.79 Å². The van der Waals surface area contributed by atoms with Crippen LogP contribution in [0.1, 0.15) is 38.1 Å². The second kappa shape index (κ2) is 6.38. The molecule has 0 saturated carbocycles. The molecule has 0 fully saturated rings. The molecular weight excluding hydrogens is 226 g/mol. The molecule has 1 rings (SSSR count). The van der Waals surface area contributed by atoms with Crippen LogP contribution in [-0.4, -0.2) is 17.4 Å². The van der Waals surface area contributed by atoms with Crippen molar-refractivity contribution in [1.82, 2.24) is 10.3 Å². The maximum absolute atomic E-state index is 12.0. The van der Waals surface area contributed by atoms with Crippen LogP contribution in [0.25, 0.3) is 0 Å². The maximum atomic E-state index is 12.0. The summed E-state index contributed by atoms with van der Waals surface area (Å²) < 4.78 is 0. The maximum Gasteiger partial charge on any atom is 0.251 e. The average molecular weight is 249 g/mol. The molecule has 0 atom stereocenters. The topological polar surface area (TPSA) is 68.0 Å². The lowest BCUT2D eigenvalue weighted by Gasteiger charge is -2.25. The second-order valence-corrected chi connectivity index (χ2v) is 5.33. The van der Waals surface area contributed by atoms with Gasteiger partial charge in [-0.25, -0.2) is 4.98 Å². The summed E-state index contributed by atoms with van der Waals surface area (Å²) in [7, 11) is 0. The Morgan fingerprint density at radius 1 is 1.33 bits per heavy atom. The molecule has 0 unspecified atom stereocenters. The first-order valence-corrected chi connectivity index (χ1v) is 6.41. The number of rotatable bonds is 5. The molecule has 0 spiro atoms. The molecule has 100 valence electrons. The van der Waals surface area contributed by atoms with E-state index in [4.69, 9.17) is 5.73 Å². The Morgan fingerprint density at radius 2 is 1.94 bits per heavy atom. The van der Waals surface area contributed by atoms with Gasteiger partial charge in [0.1, 0.15) is 5.82 Å².